The van der Waals surface area contributed by atoms with Crippen LogP contribution in [0.15, 0.2) is 70.4 Å². The van der Waals surface area contributed by atoms with Crippen molar-refractivity contribution in [1.29, 1.82) is 5.26 Å². The fourth-order valence-corrected chi connectivity index (χ4v) is 4.13. The van der Waals surface area contributed by atoms with Gasteiger partial charge >= 0.3 is 17.8 Å². The number of nitriles is 1. The Labute approximate surface area is 213 Å². The Morgan fingerprint density at radius 2 is 1.79 bits per heavy atom. The highest BCUT2D eigenvalue weighted by atomic mass is 19.4. The Bertz CT molecular complexity index is 1680. The fraction of sp³-hybridized carbons (Fsp3) is 0.192. The molecule has 12 heteroatoms. The topological polar surface area (TPSA) is 123 Å². The molecular weight excluding hydrogens is 503 g/mol. The minimum atomic E-state index is -4.67. The molecule has 2 aromatic carbocycles. The minimum absolute atomic E-state index is 0.000744. The molecule has 0 radical (unpaired) electrons. The molecular formula is C26H20F3N5O4. The third kappa shape index (κ3) is 4.99. The van der Waals surface area contributed by atoms with E-state index < -0.39 is 29.0 Å². The van der Waals surface area contributed by atoms with Gasteiger partial charge in [0.05, 0.1) is 46.0 Å². The van der Waals surface area contributed by atoms with Crippen molar-refractivity contribution in [1.82, 2.24) is 18.9 Å². The normalized spacial score (nSPS) is 11.3. The van der Waals surface area contributed by atoms with Gasteiger partial charge in [-0.25, -0.2) is 9.48 Å². The van der Waals surface area contributed by atoms with Gasteiger partial charge in [0, 0.05) is 18.7 Å². The van der Waals surface area contributed by atoms with E-state index >= 15 is 0 Å². The second-order valence-corrected chi connectivity index (χ2v) is 8.37. The van der Waals surface area contributed by atoms with E-state index in [0.717, 1.165) is 27.3 Å². The summed E-state index contributed by atoms with van der Waals surface area (Å²) >= 11 is 0. The molecule has 0 fully saturated rings. The summed E-state index contributed by atoms with van der Waals surface area (Å²) in [6, 6.07) is 14.0. The molecule has 0 aliphatic heterocycles. The molecule has 38 heavy (non-hydrogen) atoms. The van der Waals surface area contributed by atoms with Crippen molar-refractivity contribution in [3.63, 3.8) is 0 Å². The van der Waals surface area contributed by atoms with Crippen LogP contribution in [0.4, 0.5) is 13.2 Å². The van der Waals surface area contributed by atoms with E-state index in [0.29, 0.717) is 11.3 Å². The summed E-state index contributed by atoms with van der Waals surface area (Å²) < 4.78 is 43.5. The summed E-state index contributed by atoms with van der Waals surface area (Å²) in [5.74, 6) is -1.12. The molecule has 0 unspecified atom stereocenters. The molecule has 0 aliphatic rings. The molecule has 0 atom stereocenters. The van der Waals surface area contributed by atoms with Crippen molar-refractivity contribution in [2.24, 2.45) is 0 Å². The van der Waals surface area contributed by atoms with Crippen LogP contribution in [-0.2, 0) is 17.5 Å². The molecule has 2 aromatic heterocycles. The fourth-order valence-electron chi connectivity index (χ4n) is 4.13. The number of alkyl halides is 3. The molecule has 0 aliphatic carbocycles. The summed E-state index contributed by atoms with van der Waals surface area (Å²) in [4.78, 5) is 38.1. The number of hydrogen-bond acceptors (Lipinski definition) is 5. The maximum Gasteiger partial charge on any atom is 0.416 e. The Balaban J connectivity index is 1.99. The lowest BCUT2D eigenvalue weighted by Crippen LogP contribution is -2.42. The Morgan fingerprint density at radius 3 is 2.42 bits per heavy atom. The van der Waals surface area contributed by atoms with E-state index in [1.807, 2.05) is 6.07 Å². The van der Waals surface area contributed by atoms with Crippen LogP contribution < -0.4 is 11.2 Å². The van der Waals surface area contributed by atoms with E-state index in [9.17, 15) is 27.6 Å². The number of nitrogens with zero attached hydrogens (tertiary/aromatic N) is 5. The number of halogens is 3. The summed E-state index contributed by atoms with van der Waals surface area (Å²) in [5, 5.41) is 22.3. The maximum atomic E-state index is 13.6. The summed E-state index contributed by atoms with van der Waals surface area (Å²) in [6.07, 6.45) is -3.62. The molecule has 194 valence electrons. The molecule has 1 N–H and O–H groups in total. The Morgan fingerprint density at radius 1 is 1.08 bits per heavy atom. The Hall–Kier alpha value is -4.92. The molecule has 0 saturated heterocycles. The van der Waals surface area contributed by atoms with Crippen LogP contribution in [0.2, 0.25) is 0 Å². The first-order valence-corrected chi connectivity index (χ1v) is 11.3. The number of aliphatic carboxylic acids is 1. The first-order valence-electron chi connectivity index (χ1n) is 11.3. The van der Waals surface area contributed by atoms with Gasteiger partial charge in [0.2, 0.25) is 0 Å². The lowest BCUT2D eigenvalue weighted by atomic mass is 10.1. The van der Waals surface area contributed by atoms with Crippen LogP contribution in [-0.4, -0.2) is 30.0 Å². The number of carboxylic acid groups (broad SMARTS) is 1. The van der Waals surface area contributed by atoms with Crippen LogP contribution >= 0.6 is 0 Å². The predicted molar refractivity (Wildman–Crippen MR) is 130 cm³/mol. The average molecular weight is 523 g/mol. The highest BCUT2D eigenvalue weighted by Gasteiger charge is 2.31. The smallest absolute Gasteiger partial charge is 0.416 e. The lowest BCUT2D eigenvalue weighted by molar-refractivity contribution is -0.138. The highest BCUT2D eigenvalue weighted by Crippen LogP contribution is 2.31. The van der Waals surface area contributed by atoms with Gasteiger partial charge in [-0.1, -0.05) is 6.07 Å². The van der Waals surface area contributed by atoms with Gasteiger partial charge < -0.3 is 5.11 Å². The van der Waals surface area contributed by atoms with Crippen LogP contribution in [0.5, 0.6) is 0 Å². The first-order chi connectivity index (χ1) is 18.0. The van der Waals surface area contributed by atoms with Crippen LogP contribution in [0, 0.1) is 18.3 Å². The van der Waals surface area contributed by atoms with Crippen molar-refractivity contribution in [2.75, 3.05) is 0 Å². The SMILES string of the molecule is Cc1c(-c2ccnn2-c2ccc(C#N)cc2)c(=O)n(CCCC(=O)O)c(=O)n1-c1cccc(C(F)(F)F)c1. The van der Waals surface area contributed by atoms with E-state index in [2.05, 4.69) is 5.10 Å². The number of benzene rings is 2. The summed E-state index contributed by atoms with van der Waals surface area (Å²) in [6.45, 7) is 1.18. The van der Waals surface area contributed by atoms with E-state index in [4.69, 9.17) is 10.4 Å². The number of rotatable bonds is 7. The van der Waals surface area contributed by atoms with Gasteiger partial charge in [-0.2, -0.15) is 23.5 Å². The largest absolute Gasteiger partial charge is 0.481 e. The van der Waals surface area contributed by atoms with E-state index in [1.165, 1.54) is 29.9 Å². The zero-order chi connectivity index (χ0) is 27.6. The van der Waals surface area contributed by atoms with Crippen LogP contribution in [0.3, 0.4) is 0 Å². The molecule has 9 nitrogen and oxygen atoms in total. The van der Waals surface area contributed by atoms with Crippen molar-refractivity contribution in [3.05, 3.63) is 98.5 Å². The third-order valence-electron chi connectivity index (χ3n) is 5.92. The number of hydrogen-bond donors (Lipinski definition) is 1. The lowest BCUT2D eigenvalue weighted by Gasteiger charge is -2.19. The maximum absolute atomic E-state index is 13.6. The molecule has 0 spiro atoms. The number of aromatic nitrogens is 4. The van der Waals surface area contributed by atoms with Gasteiger partial charge in [0.1, 0.15) is 0 Å². The van der Waals surface area contributed by atoms with Gasteiger partial charge in [0.25, 0.3) is 5.56 Å². The van der Waals surface area contributed by atoms with Crippen molar-refractivity contribution >= 4 is 5.97 Å². The van der Waals surface area contributed by atoms with Gasteiger partial charge in [-0.15, -0.1) is 0 Å². The number of carbonyl (C=O) groups is 1. The van der Waals surface area contributed by atoms with Crippen molar-refractivity contribution in [2.45, 2.75) is 32.5 Å². The van der Waals surface area contributed by atoms with Crippen molar-refractivity contribution < 1.29 is 23.1 Å². The molecule has 4 rings (SSSR count). The molecule has 0 amide bonds. The van der Waals surface area contributed by atoms with Crippen molar-refractivity contribution in [3.8, 4) is 28.7 Å². The zero-order valence-electron chi connectivity index (χ0n) is 19.9. The average Bonchev–Trinajstić information content (AvgIpc) is 3.35. The highest BCUT2D eigenvalue weighted by molar-refractivity contribution is 5.66. The number of carboxylic acids is 1. The summed E-state index contributed by atoms with van der Waals surface area (Å²) in [5.41, 5.74) is -1.50. The van der Waals surface area contributed by atoms with Crippen LogP contribution in [0.25, 0.3) is 22.6 Å². The molecule has 2 heterocycles. The van der Waals surface area contributed by atoms with E-state index in [1.54, 1.807) is 24.3 Å². The quantitative estimate of drug-likeness (QED) is 0.392. The zero-order valence-corrected chi connectivity index (χ0v) is 19.9. The van der Waals surface area contributed by atoms with Crippen LogP contribution in [0.1, 0.15) is 29.7 Å². The molecule has 0 saturated carbocycles. The second kappa shape index (κ2) is 10.2. The Kier molecular flexibility index (Phi) is 7.03. The molecule has 0 bridgehead atoms. The standard InChI is InChI=1S/C26H20F3N5O4/c1-16-23(21-11-12-31-34(21)19-9-7-17(15-30)8-10-19)24(37)32(13-3-6-22(35)36)25(38)33(16)20-5-2-4-18(14-20)26(27,28)29/h2,4-5,7-12,14H,3,6,13H2,1H3,(H,35,36). The van der Waals surface area contributed by atoms with Gasteiger partial charge in [-0.05, 0) is 61.9 Å². The molecule has 4 aromatic rings. The van der Waals surface area contributed by atoms with Gasteiger partial charge in [-0.3, -0.25) is 18.7 Å². The third-order valence-corrected chi connectivity index (χ3v) is 5.92. The van der Waals surface area contributed by atoms with E-state index in [-0.39, 0.29) is 42.0 Å². The first kappa shape index (κ1) is 26.2. The monoisotopic (exact) mass is 523 g/mol. The van der Waals surface area contributed by atoms with Gasteiger partial charge in [0.15, 0.2) is 0 Å². The summed E-state index contributed by atoms with van der Waals surface area (Å²) in [7, 11) is 0. The second-order valence-electron chi connectivity index (χ2n) is 8.37. The minimum Gasteiger partial charge on any atom is -0.481 e. The predicted octanol–water partition coefficient (Wildman–Crippen LogP) is 3.92.